The third-order valence-corrected chi connectivity index (χ3v) is 8.41. The van der Waals surface area contributed by atoms with Gasteiger partial charge >= 0.3 is 0 Å². The number of nitrogens with zero attached hydrogens (tertiary/aromatic N) is 3. The number of rotatable bonds is 8. The van der Waals surface area contributed by atoms with E-state index in [1.165, 1.54) is 22.7 Å². The maximum atomic E-state index is 13.6. The van der Waals surface area contributed by atoms with Crippen molar-refractivity contribution in [3.05, 3.63) is 52.2 Å². The second kappa shape index (κ2) is 12.4. The van der Waals surface area contributed by atoms with E-state index >= 15 is 0 Å². The Labute approximate surface area is 228 Å². The highest BCUT2D eigenvalue weighted by atomic mass is 32.1. The lowest BCUT2D eigenvalue weighted by atomic mass is 9.84. The smallest absolute Gasteiger partial charge is 0.264 e. The zero-order valence-electron chi connectivity index (χ0n) is 22.1. The fraction of sp³-hybridized carbons (Fsp3) is 0.500. The van der Waals surface area contributed by atoms with Crippen LogP contribution in [0.25, 0.3) is 0 Å². The van der Waals surface area contributed by atoms with Crippen LogP contribution in [0.4, 0.5) is 5.69 Å². The molecule has 4 amide bonds. The topological polar surface area (TPSA) is 116 Å². The summed E-state index contributed by atoms with van der Waals surface area (Å²) < 4.78 is 0. The summed E-state index contributed by atoms with van der Waals surface area (Å²) >= 11 is 1.31. The van der Waals surface area contributed by atoms with Crippen molar-refractivity contribution in [1.29, 1.82) is 0 Å². The summed E-state index contributed by atoms with van der Waals surface area (Å²) in [5.41, 5.74) is 7.17. The molecule has 0 unspecified atom stereocenters. The Morgan fingerprint density at radius 2 is 1.74 bits per heavy atom. The van der Waals surface area contributed by atoms with Crippen molar-refractivity contribution < 1.29 is 19.2 Å². The number of anilines is 1. The third kappa shape index (κ3) is 6.53. The largest absolute Gasteiger partial charge is 0.378 e. The molecule has 2 aliphatic rings. The van der Waals surface area contributed by atoms with Gasteiger partial charge in [0.15, 0.2) is 0 Å². The lowest BCUT2D eigenvalue weighted by Gasteiger charge is -2.41. The maximum Gasteiger partial charge on any atom is 0.264 e. The highest BCUT2D eigenvalue weighted by Gasteiger charge is 2.39. The van der Waals surface area contributed by atoms with Gasteiger partial charge in [-0.15, -0.1) is 11.3 Å². The van der Waals surface area contributed by atoms with Crippen LogP contribution in [-0.4, -0.2) is 79.2 Å². The van der Waals surface area contributed by atoms with Gasteiger partial charge in [-0.25, -0.2) is 0 Å². The molecule has 2 aromatic rings. The lowest BCUT2D eigenvalue weighted by Crippen LogP contribution is -2.63. The maximum absolute atomic E-state index is 13.6. The molecular weight excluding hydrogens is 502 g/mol. The van der Waals surface area contributed by atoms with Crippen molar-refractivity contribution in [1.82, 2.24) is 15.1 Å². The number of nitrogens with one attached hydrogen (secondary N) is 1. The number of nitrogens with two attached hydrogens (primary N) is 1. The molecular formula is C28H37N5O4S. The Morgan fingerprint density at radius 1 is 1.03 bits per heavy atom. The van der Waals surface area contributed by atoms with Crippen LogP contribution < -0.4 is 16.0 Å². The van der Waals surface area contributed by atoms with E-state index in [-0.39, 0.29) is 24.9 Å². The van der Waals surface area contributed by atoms with Crippen molar-refractivity contribution in [3.8, 4) is 0 Å². The fourth-order valence-electron chi connectivity index (χ4n) is 5.33. The number of benzene rings is 1. The number of carbonyl (C=O) groups is 4. The minimum Gasteiger partial charge on any atom is -0.378 e. The van der Waals surface area contributed by atoms with Crippen LogP contribution in [0.1, 0.15) is 58.6 Å². The van der Waals surface area contributed by atoms with Gasteiger partial charge in [0.25, 0.3) is 11.8 Å². The van der Waals surface area contributed by atoms with Crippen LogP contribution >= 0.6 is 11.3 Å². The number of hydrogen-bond donors (Lipinski definition) is 2. The van der Waals surface area contributed by atoms with Crippen LogP contribution in [0.3, 0.4) is 0 Å². The van der Waals surface area contributed by atoms with Crippen molar-refractivity contribution in [2.75, 3.05) is 38.6 Å². The van der Waals surface area contributed by atoms with E-state index in [1.807, 2.05) is 36.5 Å². The molecule has 1 saturated carbocycles. The van der Waals surface area contributed by atoms with Gasteiger partial charge in [0, 0.05) is 38.4 Å². The molecule has 0 bridgehead atoms. The first-order valence-corrected chi connectivity index (χ1v) is 14.1. The molecule has 1 aliphatic carbocycles. The Kier molecular flexibility index (Phi) is 9.04. The number of amides is 4. The molecule has 9 nitrogen and oxygen atoms in total. The number of thiophene rings is 1. The average molecular weight is 540 g/mol. The van der Waals surface area contributed by atoms with Gasteiger partial charge in [-0.05, 0) is 48.1 Å². The van der Waals surface area contributed by atoms with Crippen LogP contribution in [0.15, 0.2) is 41.8 Å². The third-order valence-electron chi connectivity index (χ3n) is 7.55. The highest BCUT2D eigenvalue weighted by Crippen LogP contribution is 2.28. The summed E-state index contributed by atoms with van der Waals surface area (Å²) in [7, 11) is 3.86. The van der Waals surface area contributed by atoms with Crippen molar-refractivity contribution in [3.63, 3.8) is 0 Å². The van der Waals surface area contributed by atoms with Gasteiger partial charge in [-0.1, -0.05) is 38.2 Å². The summed E-state index contributed by atoms with van der Waals surface area (Å²) in [6, 6.07) is 9.05. The molecule has 204 valence electrons. The molecule has 0 spiro atoms. The molecule has 2 heterocycles. The van der Waals surface area contributed by atoms with Gasteiger partial charge in [0.2, 0.25) is 11.8 Å². The zero-order chi connectivity index (χ0) is 27.2. The molecule has 3 N–H and O–H groups in total. The first-order chi connectivity index (χ1) is 18.2. The quantitative estimate of drug-likeness (QED) is 0.535. The van der Waals surface area contributed by atoms with Crippen LogP contribution in [0, 0.1) is 5.92 Å². The second-order valence-corrected chi connectivity index (χ2v) is 11.3. The molecule has 4 rings (SSSR count). The first-order valence-electron chi connectivity index (χ1n) is 13.3. The number of primary amides is 1. The molecule has 1 saturated heterocycles. The van der Waals surface area contributed by atoms with Crippen molar-refractivity contribution in [2.45, 2.75) is 50.6 Å². The molecule has 2 fully saturated rings. The van der Waals surface area contributed by atoms with E-state index in [1.54, 1.807) is 29.2 Å². The van der Waals surface area contributed by atoms with Gasteiger partial charge in [-0.3, -0.25) is 19.2 Å². The first kappa shape index (κ1) is 27.6. The minimum absolute atomic E-state index is 0.0339. The normalized spacial score (nSPS) is 19.1. The summed E-state index contributed by atoms with van der Waals surface area (Å²) in [6.07, 6.45) is 5.94. The standard InChI is InChI=1S/C28H37N5O4S/c1-31(2)21-12-10-20(11-13-21)27(36)32-14-15-33(28(37)24-9-6-16-38-24)23(18-32)26(35)30-22(25(29)34)17-19-7-4-3-5-8-19/h6,9-13,16,19,22-23H,3-5,7-8,14-15,17-18H2,1-2H3,(H2,29,34)(H,30,35)/t22-,23-/m0/s1. The molecule has 10 heteroatoms. The fourth-order valence-corrected chi connectivity index (χ4v) is 6.01. The van der Waals surface area contributed by atoms with E-state index in [0.717, 1.165) is 31.4 Å². The molecule has 0 radical (unpaired) electrons. The van der Waals surface area contributed by atoms with Gasteiger partial charge in [0.1, 0.15) is 12.1 Å². The van der Waals surface area contributed by atoms with Gasteiger partial charge in [0.05, 0.1) is 11.4 Å². The van der Waals surface area contributed by atoms with Crippen molar-refractivity contribution in [2.24, 2.45) is 11.7 Å². The van der Waals surface area contributed by atoms with E-state index in [2.05, 4.69) is 5.32 Å². The summed E-state index contributed by atoms with van der Waals surface area (Å²) in [5, 5.41) is 4.65. The predicted octanol–water partition coefficient (Wildman–Crippen LogP) is 2.72. The number of carbonyl (C=O) groups excluding carboxylic acids is 4. The summed E-state index contributed by atoms with van der Waals surface area (Å²) in [4.78, 5) is 58.2. The van der Waals surface area contributed by atoms with E-state index in [9.17, 15) is 19.2 Å². The minimum atomic E-state index is -0.934. The SMILES string of the molecule is CN(C)c1ccc(C(=O)N2CCN(C(=O)c3cccs3)[C@H](C(=O)N[C@@H](CC3CCCCC3)C(N)=O)C2)cc1. The average Bonchev–Trinajstić information content (AvgIpc) is 3.47. The monoisotopic (exact) mass is 539 g/mol. The predicted molar refractivity (Wildman–Crippen MR) is 148 cm³/mol. The van der Waals surface area contributed by atoms with Gasteiger partial charge in [-0.2, -0.15) is 0 Å². The van der Waals surface area contributed by atoms with E-state index in [4.69, 9.17) is 5.73 Å². The Bertz CT molecular complexity index is 1130. The summed E-state index contributed by atoms with van der Waals surface area (Å²) in [5.74, 6) is -1.17. The summed E-state index contributed by atoms with van der Waals surface area (Å²) in [6.45, 7) is 0.544. The molecule has 1 aromatic heterocycles. The van der Waals surface area contributed by atoms with Gasteiger partial charge < -0.3 is 25.8 Å². The van der Waals surface area contributed by atoms with E-state index in [0.29, 0.717) is 29.3 Å². The zero-order valence-corrected chi connectivity index (χ0v) is 22.9. The van der Waals surface area contributed by atoms with Crippen LogP contribution in [0.5, 0.6) is 0 Å². The molecule has 1 aliphatic heterocycles. The second-order valence-electron chi connectivity index (χ2n) is 10.4. The number of piperazine rings is 1. The van der Waals surface area contributed by atoms with Crippen LogP contribution in [-0.2, 0) is 9.59 Å². The van der Waals surface area contributed by atoms with E-state index < -0.39 is 23.9 Å². The van der Waals surface area contributed by atoms with Crippen molar-refractivity contribution >= 4 is 40.7 Å². The Balaban J connectivity index is 1.52. The Hall–Kier alpha value is -3.40. The lowest BCUT2D eigenvalue weighted by molar-refractivity contribution is -0.131. The molecule has 38 heavy (non-hydrogen) atoms. The Morgan fingerprint density at radius 3 is 2.34 bits per heavy atom. The highest BCUT2D eigenvalue weighted by molar-refractivity contribution is 7.12. The number of hydrogen-bond acceptors (Lipinski definition) is 6. The molecule has 2 atom stereocenters. The molecule has 1 aromatic carbocycles. The van der Waals surface area contributed by atoms with Crippen LogP contribution in [0.2, 0.25) is 0 Å².